The quantitative estimate of drug-likeness (QED) is 0.643. The van der Waals surface area contributed by atoms with Crippen molar-refractivity contribution in [3.8, 4) is 5.88 Å². The first kappa shape index (κ1) is 19.9. The Morgan fingerprint density at radius 1 is 1.03 bits per heavy atom. The molecule has 3 heterocycles. The molecule has 1 amide bonds. The average Bonchev–Trinajstić information content (AvgIpc) is 3.34. The summed E-state index contributed by atoms with van der Waals surface area (Å²) in [5, 5.41) is 2.92. The summed E-state index contributed by atoms with van der Waals surface area (Å²) in [7, 11) is 0. The molecule has 1 fully saturated rings. The highest BCUT2D eigenvalue weighted by Gasteiger charge is 2.13. The lowest BCUT2D eigenvalue weighted by Gasteiger charge is -2.16. The Bertz CT molecular complexity index is 953. The van der Waals surface area contributed by atoms with Gasteiger partial charge in [-0.15, -0.1) is 0 Å². The van der Waals surface area contributed by atoms with E-state index in [1.54, 1.807) is 12.1 Å². The summed E-state index contributed by atoms with van der Waals surface area (Å²) < 4.78 is 5.86. The standard InChI is InChI=1S/C24H26N4O2/c1-18(20-7-3-2-4-8-20)30-23-12-10-21(17-26-23)24(29)27-16-19-9-11-22(25-15-19)28-13-5-6-14-28/h2-4,7-12,15,17-18H,5-6,13-14,16H2,1H3,(H,27,29)/t18-/m1/s1. The SMILES string of the molecule is C[C@@H](Oc1ccc(C(=O)NCc2ccc(N3CCCC3)nc2)cn1)c1ccccc1. The van der Waals surface area contributed by atoms with Gasteiger partial charge in [0, 0.05) is 38.1 Å². The molecule has 1 N–H and O–H groups in total. The van der Waals surface area contributed by atoms with Crippen molar-refractivity contribution in [1.29, 1.82) is 0 Å². The number of anilines is 1. The topological polar surface area (TPSA) is 67.3 Å². The summed E-state index contributed by atoms with van der Waals surface area (Å²) in [6, 6.07) is 17.4. The number of pyridine rings is 2. The molecule has 0 spiro atoms. The zero-order chi connectivity index (χ0) is 20.8. The fourth-order valence-electron chi connectivity index (χ4n) is 3.50. The molecular formula is C24H26N4O2. The second-order valence-corrected chi connectivity index (χ2v) is 7.46. The molecule has 154 valence electrons. The Balaban J connectivity index is 1.29. The van der Waals surface area contributed by atoms with Crippen LogP contribution in [0.25, 0.3) is 0 Å². The molecule has 0 saturated carbocycles. The van der Waals surface area contributed by atoms with Crippen LogP contribution in [0.15, 0.2) is 67.0 Å². The minimum Gasteiger partial charge on any atom is -0.470 e. The third kappa shape index (κ3) is 4.95. The van der Waals surface area contributed by atoms with Crippen molar-refractivity contribution in [2.75, 3.05) is 18.0 Å². The van der Waals surface area contributed by atoms with E-state index in [1.807, 2.05) is 55.6 Å². The fourth-order valence-corrected chi connectivity index (χ4v) is 3.50. The van der Waals surface area contributed by atoms with Gasteiger partial charge >= 0.3 is 0 Å². The Morgan fingerprint density at radius 3 is 2.50 bits per heavy atom. The van der Waals surface area contributed by atoms with Gasteiger partial charge in [-0.05, 0) is 43.0 Å². The van der Waals surface area contributed by atoms with E-state index in [-0.39, 0.29) is 12.0 Å². The van der Waals surface area contributed by atoms with E-state index in [0.717, 1.165) is 30.0 Å². The largest absolute Gasteiger partial charge is 0.470 e. The van der Waals surface area contributed by atoms with E-state index < -0.39 is 0 Å². The predicted octanol–water partition coefficient (Wildman–Crippen LogP) is 4.15. The van der Waals surface area contributed by atoms with Gasteiger partial charge in [0.15, 0.2) is 0 Å². The van der Waals surface area contributed by atoms with Gasteiger partial charge in [0.25, 0.3) is 5.91 Å². The van der Waals surface area contributed by atoms with Crippen LogP contribution in [0.2, 0.25) is 0 Å². The van der Waals surface area contributed by atoms with Crippen molar-refractivity contribution >= 4 is 11.7 Å². The highest BCUT2D eigenvalue weighted by Crippen LogP contribution is 2.20. The van der Waals surface area contributed by atoms with E-state index >= 15 is 0 Å². The number of carbonyl (C=O) groups excluding carboxylic acids is 1. The molecule has 6 heteroatoms. The Morgan fingerprint density at radius 2 is 1.83 bits per heavy atom. The maximum absolute atomic E-state index is 12.4. The number of nitrogens with one attached hydrogen (secondary N) is 1. The minimum absolute atomic E-state index is 0.116. The van der Waals surface area contributed by atoms with Gasteiger partial charge in [0.1, 0.15) is 11.9 Å². The first-order valence-electron chi connectivity index (χ1n) is 10.3. The predicted molar refractivity (Wildman–Crippen MR) is 117 cm³/mol. The van der Waals surface area contributed by atoms with Gasteiger partial charge in [0.2, 0.25) is 5.88 Å². The summed E-state index contributed by atoms with van der Waals surface area (Å²) in [6.45, 7) is 4.54. The van der Waals surface area contributed by atoms with Crippen LogP contribution in [0.4, 0.5) is 5.82 Å². The maximum atomic E-state index is 12.4. The number of ether oxygens (including phenoxy) is 1. The van der Waals surface area contributed by atoms with E-state index in [4.69, 9.17) is 4.74 Å². The average molecular weight is 402 g/mol. The summed E-state index contributed by atoms with van der Waals surface area (Å²) >= 11 is 0. The zero-order valence-electron chi connectivity index (χ0n) is 17.1. The molecule has 2 aromatic heterocycles. The molecule has 0 radical (unpaired) electrons. The van der Waals surface area contributed by atoms with Gasteiger partial charge in [0.05, 0.1) is 5.56 Å². The fraction of sp³-hybridized carbons (Fsp3) is 0.292. The number of nitrogens with zero attached hydrogens (tertiary/aromatic N) is 3. The van der Waals surface area contributed by atoms with Crippen molar-refractivity contribution in [2.24, 2.45) is 0 Å². The smallest absolute Gasteiger partial charge is 0.253 e. The molecule has 30 heavy (non-hydrogen) atoms. The van der Waals surface area contributed by atoms with Crippen LogP contribution in [0.5, 0.6) is 5.88 Å². The molecule has 4 rings (SSSR count). The van der Waals surface area contributed by atoms with E-state index in [9.17, 15) is 4.79 Å². The zero-order valence-corrected chi connectivity index (χ0v) is 17.1. The van der Waals surface area contributed by atoms with Gasteiger partial charge in [-0.1, -0.05) is 36.4 Å². The molecule has 0 aliphatic carbocycles. The van der Waals surface area contributed by atoms with Crippen molar-refractivity contribution in [2.45, 2.75) is 32.4 Å². The second kappa shape index (κ2) is 9.39. The molecule has 1 atom stereocenters. The number of hydrogen-bond donors (Lipinski definition) is 1. The van der Waals surface area contributed by atoms with E-state index in [1.165, 1.54) is 19.0 Å². The highest BCUT2D eigenvalue weighted by atomic mass is 16.5. The maximum Gasteiger partial charge on any atom is 0.253 e. The summed E-state index contributed by atoms with van der Waals surface area (Å²) in [6.07, 6.45) is 5.70. The molecule has 1 saturated heterocycles. The number of carbonyl (C=O) groups is 1. The number of aromatic nitrogens is 2. The number of hydrogen-bond acceptors (Lipinski definition) is 5. The van der Waals surface area contributed by atoms with Crippen LogP contribution in [0.1, 0.15) is 47.4 Å². The second-order valence-electron chi connectivity index (χ2n) is 7.46. The molecule has 1 aliphatic rings. The summed E-state index contributed by atoms with van der Waals surface area (Å²) in [4.78, 5) is 23.5. The Kier molecular flexibility index (Phi) is 6.23. The highest BCUT2D eigenvalue weighted by molar-refractivity contribution is 5.93. The molecule has 6 nitrogen and oxygen atoms in total. The lowest BCUT2D eigenvalue weighted by Crippen LogP contribution is -2.23. The minimum atomic E-state index is -0.172. The van der Waals surface area contributed by atoms with Crippen LogP contribution in [-0.2, 0) is 6.54 Å². The first-order chi connectivity index (χ1) is 14.7. The normalized spacial score (nSPS) is 14.4. The Hall–Kier alpha value is -3.41. The molecule has 3 aromatic rings. The Labute approximate surface area is 176 Å². The lowest BCUT2D eigenvalue weighted by atomic mass is 10.1. The van der Waals surface area contributed by atoms with Crippen LogP contribution in [0, 0.1) is 0 Å². The van der Waals surface area contributed by atoms with Gasteiger partial charge in [-0.3, -0.25) is 4.79 Å². The van der Waals surface area contributed by atoms with Crippen LogP contribution < -0.4 is 15.0 Å². The molecule has 1 aromatic carbocycles. The van der Waals surface area contributed by atoms with Gasteiger partial charge in [-0.25, -0.2) is 9.97 Å². The monoisotopic (exact) mass is 402 g/mol. The molecule has 0 unspecified atom stereocenters. The van der Waals surface area contributed by atoms with Crippen molar-refractivity contribution in [1.82, 2.24) is 15.3 Å². The molecule has 1 aliphatic heterocycles. The van der Waals surface area contributed by atoms with Gasteiger partial charge < -0.3 is 15.0 Å². The summed E-state index contributed by atoms with van der Waals surface area (Å²) in [5.74, 6) is 1.32. The third-order valence-electron chi connectivity index (χ3n) is 5.26. The third-order valence-corrected chi connectivity index (χ3v) is 5.26. The molecule has 0 bridgehead atoms. The van der Waals surface area contributed by atoms with Crippen molar-refractivity contribution in [3.05, 3.63) is 83.7 Å². The van der Waals surface area contributed by atoms with Gasteiger partial charge in [-0.2, -0.15) is 0 Å². The number of rotatable bonds is 7. The number of benzene rings is 1. The number of amides is 1. The van der Waals surface area contributed by atoms with Crippen LogP contribution in [-0.4, -0.2) is 29.0 Å². The van der Waals surface area contributed by atoms with E-state index in [0.29, 0.717) is 18.0 Å². The summed E-state index contributed by atoms with van der Waals surface area (Å²) in [5.41, 5.74) is 2.54. The van der Waals surface area contributed by atoms with Crippen molar-refractivity contribution in [3.63, 3.8) is 0 Å². The van der Waals surface area contributed by atoms with Crippen molar-refractivity contribution < 1.29 is 9.53 Å². The van der Waals surface area contributed by atoms with E-state index in [2.05, 4.69) is 20.2 Å². The molecular weight excluding hydrogens is 376 g/mol. The first-order valence-corrected chi connectivity index (χ1v) is 10.3. The lowest BCUT2D eigenvalue weighted by molar-refractivity contribution is 0.0950. The van der Waals surface area contributed by atoms with Crippen LogP contribution in [0.3, 0.4) is 0 Å². The van der Waals surface area contributed by atoms with Crippen LogP contribution >= 0.6 is 0 Å².